The van der Waals surface area contributed by atoms with Crippen LogP contribution in [-0.4, -0.2) is 112 Å². The number of nitrogens with one attached hydrogen (secondary N) is 1. The lowest BCUT2D eigenvalue weighted by Crippen LogP contribution is -2.43. The first-order valence-corrected chi connectivity index (χ1v) is 14.5. The number of esters is 4. The van der Waals surface area contributed by atoms with Gasteiger partial charge in [-0.25, -0.2) is 19.2 Å². The van der Waals surface area contributed by atoms with Crippen LogP contribution in [0.15, 0.2) is 62.2 Å². The van der Waals surface area contributed by atoms with E-state index in [4.69, 9.17) is 37.9 Å². The van der Waals surface area contributed by atoms with Gasteiger partial charge in [0.25, 0.3) is 0 Å². The van der Waals surface area contributed by atoms with Gasteiger partial charge >= 0.3 is 23.9 Å². The highest BCUT2D eigenvalue weighted by Crippen LogP contribution is 2.21. The zero-order chi connectivity index (χ0) is 33.3. The monoisotopic (exact) mass is 656 g/mol. The zero-order valence-corrected chi connectivity index (χ0v) is 25.6. The standard InChI is InChI=1S/C29H39NO14S/c1-4-25(31)41-15-11-37-19-29(20-38-12-16-42-26(32)5-2,21-39-13-17-43-27(33)6-3)22-40-14-18-44-28(34)23-7-9-24(10-8-23)30-45(35)36/h4-10,30H,1-3,11-22H2,(H,35,36)/p-1. The fraction of sp³-hybridized carbons (Fsp3) is 0.448. The summed E-state index contributed by atoms with van der Waals surface area (Å²) in [7, 11) is 0. The van der Waals surface area contributed by atoms with Gasteiger partial charge in [-0.15, -0.1) is 0 Å². The lowest BCUT2D eigenvalue weighted by atomic mass is 9.92. The van der Waals surface area contributed by atoms with Gasteiger partial charge in [-0.2, -0.15) is 0 Å². The fourth-order valence-electron chi connectivity index (χ4n) is 3.23. The molecule has 0 amide bonds. The van der Waals surface area contributed by atoms with Gasteiger partial charge in [-0.1, -0.05) is 19.7 Å². The predicted molar refractivity (Wildman–Crippen MR) is 158 cm³/mol. The van der Waals surface area contributed by atoms with Crippen LogP contribution in [0.4, 0.5) is 5.69 Å². The molecule has 0 saturated heterocycles. The van der Waals surface area contributed by atoms with Crippen molar-refractivity contribution in [1.29, 1.82) is 0 Å². The first-order valence-electron chi connectivity index (χ1n) is 13.5. The summed E-state index contributed by atoms with van der Waals surface area (Å²) < 4.78 is 66.6. The second kappa shape index (κ2) is 23.5. The van der Waals surface area contributed by atoms with Crippen LogP contribution in [0.2, 0.25) is 0 Å². The van der Waals surface area contributed by atoms with Crippen molar-refractivity contribution in [3.63, 3.8) is 0 Å². The normalized spacial score (nSPS) is 11.5. The summed E-state index contributed by atoms with van der Waals surface area (Å²) in [4.78, 5) is 46.3. The second-order valence-corrected chi connectivity index (χ2v) is 9.55. The van der Waals surface area contributed by atoms with Crippen molar-refractivity contribution in [3.8, 4) is 0 Å². The predicted octanol–water partition coefficient (Wildman–Crippen LogP) is 1.29. The van der Waals surface area contributed by atoms with Crippen LogP contribution in [0.25, 0.3) is 0 Å². The molecule has 15 nitrogen and oxygen atoms in total. The Hall–Kier alpha value is -3.93. The summed E-state index contributed by atoms with van der Waals surface area (Å²) >= 11 is -2.50. The molecule has 250 valence electrons. The average molecular weight is 657 g/mol. The van der Waals surface area contributed by atoms with Gasteiger partial charge in [-0.3, -0.25) is 4.21 Å². The van der Waals surface area contributed by atoms with E-state index in [9.17, 15) is 27.9 Å². The lowest BCUT2D eigenvalue weighted by molar-refractivity contribution is -0.145. The molecular formula is C29H38NO14S-. The molecule has 0 aliphatic heterocycles. The number of rotatable bonds is 26. The molecule has 0 heterocycles. The Labute approximate surface area is 263 Å². The van der Waals surface area contributed by atoms with Crippen LogP contribution in [0.3, 0.4) is 0 Å². The number of ether oxygens (including phenoxy) is 8. The smallest absolute Gasteiger partial charge is 0.338 e. The maximum Gasteiger partial charge on any atom is 0.338 e. The quantitative estimate of drug-likeness (QED) is 0.0493. The van der Waals surface area contributed by atoms with Gasteiger partial charge < -0.3 is 47.2 Å². The van der Waals surface area contributed by atoms with Crippen molar-refractivity contribution in [3.05, 3.63) is 67.8 Å². The maximum absolute atomic E-state index is 12.4. The molecule has 0 aliphatic rings. The molecule has 1 aromatic rings. The summed E-state index contributed by atoms with van der Waals surface area (Å²) in [6.07, 6.45) is 3.07. The summed E-state index contributed by atoms with van der Waals surface area (Å²) in [5.74, 6) is -2.47. The van der Waals surface area contributed by atoms with E-state index in [0.29, 0.717) is 0 Å². The molecule has 0 saturated carbocycles. The van der Waals surface area contributed by atoms with E-state index in [0.717, 1.165) is 18.2 Å². The molecule has 16 heteroatoms. The highest BCUT2D eigenvalue weighted by atomic mass is 32.2. The fourth-order valence-corrected chi connectivity index (χ4v) is 3.56. The molecular weight excluding hydrogens is 618 g/mol. The number of anilines is 1. The van der Waals surface area contributed by atoms with E-state index in [1.165, 1.54) is 24.3 Å². The minimum Gasteiger partial charge on any atom is -0.755 e. The van der Waals surface area contributed by atoms with E-state index >= 15 is 0 Å². The average Bonchev–Trinajstić information content (AvgIpc) is 3.03. The van der Waals surface area contributed by atoms with Gasteiger partial charge in [0.05, 0.1) is 63.8 Å². The largest absolute Gasteiger partial charge is 0.755 e. The van der Waals surface area contributed by atoms with Crippen LogP contribution in [0.5, 0.6) is 0 Å². The maximum atomic E-state index is 12.4. The van der Waals surface area contributed by atoms with Crippen molar-refractivity contribution >= 4 is 40.8 Å². The molecule has 45 heavy (non-hydrogen) atoms. The van der Waals surface area contributed by atoms with E-state index in [-0.39, 0.29) is 90.5 Å². The Balaban J connectivity index is 2.80. The Morgan fingerprint density at radius 2 is 1.00 bits per heavy atom. The molecule has 0 fully saturated rings. The number of carbonyl (C=O) groups is 4. The first kappa shape index (κ1) is 39.1. The number of hydrogen-bond donors (Lipinski definition) is 1. The van der Waals surface area contributed by atoms with Gasteiger partial charge in [0, 0.05) is 35.2 Å². The Kier molecular flexibility index (Phi) is 20.4. The molecule has 0 spiro atoms. The minimum atomic E-state index is -2.50. The van der Waals surface area contributed by atoms with Crippen molar-refractivity contribution in [1.82, 2.24) is 0 Å². The Morgan fingerprint density at radius 3 is 1.33 bits per heavy atom. The highest BCUT2D eigenvalue weighted by molar-refractivity contribution is 7.80. The Morgan fingerprint density at radius 1 is 0.644 bits per heavy atom. The minimum absolute atomic E-state index is 0.00580. The van der Waals surface area contributed by atoms with Gasteiger partial charge in [0.15, 0.2) is 0 Å². The summed E-state index contributed by atoms with van der Waals surface area (Å²) in [5, 5.41) is 0. The van der Waals surface area contributed by atoms with Crippen LogP contribution >= 0.6 is 0 Å². The third kappa shape index (κ3) is 18.5. The SMILES string of the molecule is C=CC(=O)OCCOCC(COCCOC(=O)C=C)(COCCOC(=O)C=C)COCCOC(=O)c1ccc(NS(=O)[O-])cc1. The van der Waals surface area contributed by atoms with Gasteiger partial charge in [-0.05, 0) is 24.3 Å². The van der Waals surface area contributed by atoms with Crippen molar-refractivity contribution in [2.24, 2.45) is 5.41 Å². The van der Waals surface area contributed by atoms with E-state index in [1.807, 2.05) is 0 Å². The number of carbonyl (C=O) groups excluding carboxylic acids is 4. The molecule has 1 N–H and O–H groups in total. The topological polar surface area (TPSA) is 194 Å². The van der Waals surface area contributed by atoms with Crippen LogP contribution in [0, 0.1) is 5.41 Å². The van der Waals surface area contributed by atoms with E-state index in [2.05, 4.69) is 24.5 Å². The second-order valence-electron chi connectivity index (χ2n) is 8.88. The molecule has 0 radical (unpaired) electrons. The highest BCUT2D eigenvalue weighted by Gasteiger charge is 2.33. The molecule has 1 aromatic carbocycles. The Bertz CT molecular complexity index is 1050. The summed E-state index contributed by atoms with van der Waals surface area (Å²) in [6, 6.07) is 5.62. The first-order chi connectivity index (χ1) is 21.6. The zero-order valence-electron chi connectivity index (χ0n) is 24.8. The third-order valence-corrected chi connectivity index (χ3v) is 5.73. The molecule has 0 aliphatic carbocycles. The number of benzene rings is 1. The van der Waals surface area contributed by atoms with Gasteiger partial charge in [0.1, 0.15) is 26.4 Å². The molecule has 1 unspecified atom stereocenters. The number of hydrogen-bond acceptors (Lipinski definition) is 14. The molecule has 1 atom stereocenters. The van der Waals surface area contributed by atoms with Crippen LogP contribution in [0.1, 0.15) is 10.4 Å². The molecule has 1 rings (SSSR count). The summed E-state index contributed by atoms with van der Waals surface area (Å²) in [6.45, 7) is 9.82. The summed E-state index contributed by atoms with van der Waals surface area (Å²) in [5.41, 5.74) is -0.474. The van der Waals surface area contributed by atoms with E-state index < -0.39 is 40.6 Å². The van der Waals surface area contributed by atoms with Crippen molar-refractivity contribution in [2.75, 3.05) is 84.0 Å². The lowest BCUT2D eigenvalue weighted by Gasteiger charge is -2.33. The van der Waals surface area contributed by atoms with Crippen LogP contribution in [-0.2, 0) is 63.5 Å². The van der Waals surface area contributed by atoms with Crippen LogP contribution < -0.4 is 4.72 Å². The molecule has 0 aromatic heterocycles. The van der Waals surface area contributed by atoms with Crippen molar-refractivity contribution in [2.45, 2.75) is 0 Å². The molecule has 0 bridgehead atoms. The van der Waals surface area contributed by atoms with Gasteiger partial charge in [0.2, 0.25) is 0 Å². The third-order valence-electron chi connectivity index (χ3n) is 5.33. The van der Waals surface area contributed by atoms with E-state index in [1.54, 1.807) is 0 Å². The van der Waals surface area contributed by atoms with Crippen molar-refractivity contribution < 1.29 is 65.8 Å².